The van der Waals surface area contributed by atoms with Gasteiger partial charge < -0.3 is 4.74 Å². The molecule has 6 nitrogen and oxygen atoms in total. The third kappa shape index (κ3) is 3.27. The molecule has 0 aliphatic carbocycles. The number of ether oxygens (including phenoxy) is 1. The molecule has 3 aromatic rings. The molecule has 8 heteroatoms. The van der Waals surface area contributed by atoms with E-state index in [2.05, 4.69) is 10.1 Å². The highest BCUT2D eigenvalue weighted by molar-refractivity contribution is 7.22. The number of thiazole rings is 1. The standard InChI is InChI=1S/C17H17FN4O2S/c1-21-7-6-14(20-21)16(23)22(10-12-3-2-8-24-12)17-19-13-5-4-11(18)9-15(13)25-17/h4-7,9,12H,2-3,8,10H2,1H3. The molecule has 1 aliphatic heterocycles. The van der Waals surface area contributed by atoms with Crippen molar-refractivity contribution in [2.45, 2.75) is 18.9 Å². The lowest BCUT2D eigenvalue weighted by molar-refractivity contribution is 0.0913. The summed E-state index contributed by atoms with van der Waals surface area (Å²) in [6.45, 7) is 1.12. The van der Waals surface area contributed by atoms with Crippen LogP contribution in [0, 0.1) is 5.82 Å². The zero-order valence-electron chi connectivity index (χ0n) is 13.7. The highest BCUT2D eigenvalue weighted by atomic mass is 32.1. The zero-order chi connectivity index (χ0) is 17.4. The number of hydrogen-bond acceptors (Lipinski definition) is 5. The van der Waals surface area contributed by atoms with Crippen LogP contribution in [0.4, 0.5) is 9.52 Å². The van der Waals surface area contributed by atoms with Crippen molar-refractivity contribution in [1.29, 1.82) is 0 Å². The van der Waals surface area contributed by atoms with E-state index >= 15 is 0 Å². The summed E-state index contributed by atoms with van der Waals surface area (Å²) in [4.78, 5) is 19.1. The van der Waals surface area contributed by atoms with Crippen molar-refractivity contribution in [1.82, 2.24) is 14.8 Å². The van der Waals surface area contributed by atoms with Crippen LogP contribution >= 0.6 is 11.3 Å². The molecule has 2 aromatic heterocycles. The van der Waals surface area contributed by atoms with Gasteiger partial charge in [-0.05, 0) is 37.1 Å². The van der Waals surface area contributed by atoms with Crippen LogP contribution in [-0.4, -0.2) is 39.9 Å². The number of carbonyl (C=O) groups is 1. The van der Waals surface area contributed by atoms with Crippen LogP contribution in [0.2, 0.25) is 0 Å². The van der Waals surface area contributed by atoms with Gasteiger partial charge in [-0.3, -0.25) is 14.4 Å². The van der Waals surface area contributed by atoms with Gasteiger partial charge in [0.15, 0.2) is 10.8 Å². The molecular weight excluding hydrogens is 343 g/mol. The molecule has 1 atom stereocenters. The minimum Gasteiger partial charge on any atom is -0.376 e. The highest BCUT2D eigenvalue weighted by Crippen LogP contribution is 2.31. The third-order valence-electron chi connectivity index (χ3n) is 4.16. The van der Waals surface area contributed by atoms with Crippen LogP contribution in [-0.2, 0) is 11.8 Å². The number of aromatic nitrogens is 3. The van der Waals surface area contributed by atoms with E-state index in [1.54, 1.807) is 35.0 Å². The van der Waals surface area contributed by atoms with Crippen molar-refractivity contribution in [3.63, 3.8) is 0 Å². The molecule has 1 saturated heterocycles. The smallest absolute Gasteiger partial charge is 0.280 e. The van der Waals surface area contributed by atoms with Crippen LogP contribution < -0.4 is 4.90 Å². The van der Waals surface area contributed by atoms with Gasteiger partial charge in [-0.1, -0.05) is 11.3 Å². The van der Waals surface area contributed by atoms with Crippen molar-refractivity contribution in [2.75, 3.05) is 18.1 Å². The molecule has 1 unspecified atom stereocenters. The van der Waals surface area contributed by atoms with Crippen molar-refractivity contribution in [2.24, 2.45) is 7.05 Å². The molecule has 0 radical (unpaired) electrons. The maximum Gasteiger partial charge on any atom is 0.280 e. The van der Waals surface area contributed by atoms with E-state index < -0.39 is 0 Å². The summed E-state index contributed by atoms with van der Waals surface area (Å²) >= 11 is 1.30. The second kappa shape index (κ2) is 6.53. The minimum atomic E-state index is -0.315. The zero-order valence-corrected chi connectivity index (χ0v) is 14.5. The monoisotopic (exact) mass is 360 g/mol. The van der Waals surface area contributed by atoms with Crippen LogP contribution in [0.15, 0.2) is 30.5 Å². The van der Waals surface area contributed by atoms with E-state index in [1.165, 1.54) is 23.5 Å². The fourth-order valence-electron chi connectivity index (χ4n) is 2.91. The van der Waals surface area contributed by atoms with Crippen molar-refractivity contribution in [3.05, 3.63) is 42.0 Å². The summed E-state index contributed by atoms with van der Waals surface area (Å²) < 4.78 is 21.5. The number of fused-ring (bicyclic) bond motifs is 1. The summed E-state index contributed by atoms with van der Waals surface area (Å²) in [6, 6.07) is 6.11. The molecule has 1 aromatic carbocycles. The number of rotatable bonds is 4. The Kier molecular flexibility index (Phi) is 4.22. The lowest BCUT2D eigenvalue weighted by Crippen LogP contribution is -2.37. The Bertz CT molecular complexity index is 916. The fourth-order valence-corrected chi connectivity index (χ4v) is 3.91. The average Bonchev–Trinajstić information content (AvgIpc) is 3.31. The lowest BCUT2D eigenvalue weighted by atomic mass is 10.2. The number of benzene rings is 1. The maximum atomic E-state index is 13.5. The average molecular weight is 360 g/mol. The molecule has 1 amide bonds. The van der Waals surface area contributed by atoms with Crippen LogP contribution in [0.3, 0.4) is 0 Å². The van der Waals surface area contributed by atoms with Crippen LogP contribution in [0.5, 0.6) is 0 Å². The first-order chi connectivity index (χ1) is 12.1. The molecule has 1 fully saturated rings. The van der Waals surface area contributed by atoms with E-state index in [9.17, 15) is 9.18 Å². The first-order valence-electron chi connectivity index (χ1n) is 8.09. The molecule has 1 aliphatic rings. The van der Waals surface area contributed by atoms with Gasteiger partial charge in [-0.2, -0.15) is 5.10 Å². The topological polar surface area (TPSA) is 60.2 Å². The van der Waals surface area contributed by atoms with E-state index in [-0.39, 0.29) is 17.8 Å². The second-order valence-corrected chi connectivity index (χ2v) is 7.04. The van der Waals surface area contributed by atoms with Gasteiger partial charge in [0.2, 0.25) is 0 Å². The van der Waals surface area contributed by atoms with Gasteiger partial charge >= 0.3 is 0 Å². The molecule has 130 valence electrons. The SMILES string of the molecule is Cn1ccc(C(=O)N(CC2CCCO2)c2nc3ccc(F)cc3s2)n1. The van der Waals surface area contributed by atoms with Gasteiger partial charge in [0, 0.05) is 19.9 Å². The van der Waals surface area contributed by atoms with Gasteiger partial charge in [0.1, 0.15) is 5.82 Å². The first kappa shape index (κ1) is 16.2. The lowest BCUT2D eigenvalue weighted by Gasteiger charge is -2.22. The number of aryl methyl sites for hydroxylation is 1. The Morgan fingerprint density at radius 2 is 2.36 bits per heavy atom. The van der Waals surface area contributed by atoms with Gasteiger partial charge in [0.25, 0.3) is 5.91 Å². The number of carbonyl (C=O) groups excluding carboxylic acids is 1. The Labute approximate surface area is 147 Å². The second-order valence-electron chi connectivity index (χ2n) is 6.03. The normalized spacial score (nSPS) is 17.3. The van der Waals surface area contributed by atoms with Crippen LogP contribution in [0.1, 0.15) is 23.3 Å². The quantitative estimate of drug-likeness (QED) is 0.718. The van der Waals surface area contributed by atoms with Crippen LogP contribution in [0.25, 0.3) is 10.2 Å². The van der Waals surface area contributed by atoms with Crippen molar-refractivity contribution >= 4 is 32.6 Å². The predicted molar refractivity (Wildman–Crippen MR) is 93.4 cm³/mol. The first-order valence-corrected chi connectivity index (χ1v) is 8.91. The molecule has 0 bridgehead atoms. The Hall–Kier alpha value is -2.32. The highest BCUT2D eigenvalue weighted by Gasteiger charge is 2.28. The Morgan fingerprint density at radius 1 is 1.48 bits per heavy atom. The van der Waals surface area contributed by atoms with E-state index in [0.29, 0.717) is 34.2 Å². The molecule has 3 heterocycles. The van der Waals surface area contributed by atoms with Gasteiger partial charge in [-0.15, -0.1) is 0 Å². The summed E-state index contributed by atoms with van der Waals surface area (Å²) in [6.07, 6.45) is 3.61. The van der Waals surface area contributed by atoms with Crippen molar-refractivity contribution in [3.8, 4) is 0 Å². The number of halogens is 1. The number of amides is 1. The largest absolute Gasteiger partial charge is 0.376 e. The minimum absolute atomic E-state index is 0.0172. The van der Waals surface area contributed by atoms with E-state index in [1.807, 2.05) is 0 Å². The molecular formula is C17H17FN4O2S. The molecule has 0 spiro atoms. The van der Waals surface area contributed by atoms with Gasteiger partial charge in [-0.25, -0.2) is 9.37 Å². The predicted octanol–water partition coefficient (Wildman–Crippen LogP) is 2.99. The Balaban J connectivity index is 1.70. The number of nitrogens with zero attached hydrogens (tertiary/aromatic N) is 4. The van der Waals surface area contributed by atoms with E-state index in [4.69, 9.17) is 4.74 Å². The van der Waals surface area contributed by atoms with Crippen molar-refractivity contribution < 1.29 is 13.9 Å². The summed E-state index contributed by atoms with van der Waals surface area (Å²) in [7, 11) is 1.77. The summed E-state index contributed by atoms with van der Waals surface area (Å²) in [5.41, 5.74) is 1.03. The summed E-state index contributed by atoms with van der Waals surface area (Å²) in [5.74, 6) is -0.542. The number of hydrogen-bond donors (Lipinski definition) is 0. The number of anilines is 1. The molecule has 0 N–H and O–H groups in total. The maximum absolute atomic E-state index is 13.5. The molecule has 25 heavy (non-hydrogen) atoms. The molecule has 0 saturated carbocycles. The van der Waals surface area contributed by atoms with Gasteiger partial charge in [0.05, 0.1) is 22.9 Å². The third-order valence-corrected chi connectivity index (χ3v) is 5.20. The molecule has 4 rings (SSSR count). The van der Waals surface area contributed by atoms with E-state index in [0.717, 1.165) is 12.8 Å². The Morgan fingerprint density at radius 3 is 3.08 bits per heavy atom. The summed E-state index contributed by atoms with van der Waals surface area (Å²) in [5, 5.41) is 4.74. The fraction of sp³-hybridized carbons (Fsp3) is 0.353.